The number of nitrogens with one attached hydrogen (secondary N) is 1. The van der Waals surface area contributed by atoms with E-state index in [9.17, 15) is 9.59 Å². The Kier molecular flexibility index (Phi) is 8.34. The van der Waals surface area contributed by atoms with Gasteiger partial charge in [-0.25, -0.2) is 0 Å². The fourth-order valence-corrected chi connectivity index (χ4v) is 3.06. The third kappa shape index (κ3) is 6.25. The molecule has 2 aromatic rings. The number of nitrogens with zero attached hydrogens (tertiary/aromatic N) is 1. The molecule has 0 spiro atoms. The van der Waals surface area contributed by atoms with Crippen molar-refractivity contribution in [3.63, 3.8) is 0 Å². The van der Waals surface area contributed by atoms with Gasteiger partial charge in [-0.1, -0.05) is 60.5 Å². The van der Waals surface area contributed by atoms with E-state index in [1.54, 1.807) is 30.0 Å². The Morgan fingerprint density at radius 2 is 1.68 bits per heavy atom. The van der Waals surface area contributed by atoms with Crippen molar-refractivity contribution in [1.29, 1.82) is 0 Å². The molecule has 2 atom stereocenters. The minimum atomic E-state index is -0.620. The van der Waals surface area contributed by atoms with E-state index in [0.29, 0.717) is 10.0 Å². The monoisotopic (exact) mass is 420 g/mol. The van der Waals surface area contributed by atoms with Gasteiger partial charge in [0, 0.05) is 22.6 Å². The highest BCUT2D eigenvalue weighted by Gasteiger charge is 2.27. The summed E-state index contributed by atoms with van der Waals surface area (Å²) in [5, 5.41) is 4.14. The maximum atomic E-state index is 13.1. The van der Waals surface area contributed by atoms with E-state index in [0.717, 1.165) is 17.5 Å². The Labute approximate surface area is 176 Å². The highest BCUT2D eigenvalue weighted by atomic mass is 35.5. The van der Waals surface area contributed by atoms with Gasteiger partial charge in [0.15, 0.2) is 0 Å². The first-order chi connectivity index (χ1) is 13.3. The summed E-state index contributed by atoms with van der Waals surface area (Å²) in [6, 6.07) is 13.9. The SMILES string of the molecule is CCC(C)NC(=O)C(C)N(Cc1ccccc1Cl)C(=O)Cc1ccc(Cl)cc1. The molecule has 0 heterocycles. The van der Waals surface area contributed by atoms with E-state index >= 15 is 0 Å². The van der Waals surface area contributed by atoms with Gasteiger partial charge in [0.05, 0.1) is 6.42 Å². The Bertz CT molecular complexity index is 808. The summed E-state index contributed by atoms with van der Waals surface area (Å²) in [4.78, 5) is 27.3. The number of hydrogen-bond acceptors (Lipinski definition) is 2. The first kappa shape index (κ1) is 22.3. The zero-order chi connectivity index (χ0) is 20.7. The number of benzene rings is 2. The molecule has 0 aliphatic carbocycles. The predicted molar refractivity (Wildman–Crippen MR) is 115 cm³/mol. The van der Waals surface area contributed by atoms with Gasteiger partial charge >= 0.3 is 0 Å². The van der Waals surface area contributed by atoms with E-state index < -0.39 is 6.04 Å². The highest BCUT2D eigenvalue weighted by Crippen LogP contribution is 2.20. The van der Waals surface area contributed by atoms with E-state index in [-0.39, 0.29) is 30.8 Å². The first-order valence-electron chi connectivity index (χ1n) is 9.39. The second-order valence-electron chi connectivity index (χ2n) is 6.91. The smallest absolute Gasteiger partial charge is 0.242 e. The molecule has 0 aliphatic heterocycles. The Balaban J connectivity index is 2.23. The van der Waals surface area contributed by atoms with Crippen molar-refractivity contribution in [3.05, 3.63) is 69.7 Å². The van der Waals surface area contributed by atoms with Crippen LogP contribution in [-0.4, -0.2) is 28.8 Å². The van der Waals surface area contributed by atoms with Gasteiger partial charge in [-0.3, -0.25) is 9.59 Å². The number of rotatable bonds is 8. The molecule has 0 saturated heterocycles. The standard InChI is InChI=1S/C22H26Cl2N2O2/c1-4-15(2)25-22(28)16(3)26(14-18-7-5-6-8-20(18)24)21(27)13-17-9-11-19(23)12-10-17/h5-12,15-16H,4,13-14H2,1-3H3,(H,25,28). The summed E-state index contributed by atoms with van der Waals surface area (Å²) in [6.45, 7) is 5.96. The van der Waals surface area contributed by atoms with Crippen molar-refractivity contribution in [2.24, 2.45) is 0 Å². The summed E-state index contributed by atoms with van der Waals surface area (Å²) >= 11 is 12.2. The minimum absolute atomic E-state index is 0.0449. The molecule has 2 rings (SSSR count). The third-order valence-corrected chi connectivity index (χ3v) is 5.36. The molecule has 4 nitrogen and oxygen atoms in total. The van der Waals surface area contributed by atoms with E-state index in [2.05, 4.69) is 5.32 Å². The minimum Gasteiger partial charge on any atom is -0.352 e. The molecule has 2 aromatic carbocycles. The van der Waals surface area contributed by atoms with Crippen LogP contribution in [0.4, 0.5) is 0 Å². The van der Waals surface area contributed by atoms with Crippen LogP contribution in [0.2, 0.25) is 10.0 Å². The first-order valence-corrected chi connectivity index (χ1v) is 10.1. The van der Waals surface area contributed by atoms with Gasteiger partial charge in [0.1, 0.15) is 6.04 Å². The van der Waals surface area contributed by atoms with Crippen LogP contribution in [0.1, 0.15) is 38.3 Å². The molecule has 2 amide bonds. The maximum absolute atomic E-state index is 13.1. The van der Waals surface area contributed by atoms with Crippen molar-refractivity contribution in [1.82, 2.24) is 10.2 Å². The lowest BCUT2D eigenvalue weighted by molar-refractivity contribution is -0.140. The molecule has 0 fully saturated rings. The van der Waals surface area contributed by atoms with Crippen molar-refractivity contribution in [2.75, 3.05) is 0 Å². The van der Waals surface area contributed by atoms with E-state index in [1.807, 2.05) is 44.2 Å². The molecule has 0 bridgehead atoms. The third-order valence-electron chi connectivity index (χ3n) is 4.74. The molecular weight excluding hydrogens is 395 g/mol. The summed E-state index contributed by atoms with van der Waals surface area (Å²) in [5.74, 6) is -0.320. The van der Waals surface area contributed by atoms with E-state index in [4.69, 9.17) is 23.2 Å². The summed E-state index contributed by atoms with van der Waals surface area (Å²) in [6.07, 6.45) is 1.00. The number of amides is 2. The van der Waals surface area contributed by atoms with Gasteiger partial charge in [-0.05, 0) is 49.6 Å². The topological polar surface area (TPSA) is 49.4 Å². The van der Waals surface area contributed by atoms with Crippen LogP contribution in [-0.2, 0) is 22.6 Å². The van der Waals surface area contributed by atoms with Crippen LogP contribution in [0, 0.1) is 0 Å². The number of carbonyl (C=O) groups is 2. The van der Waals surface area contributed by atoms with Crippen molar-refractivity contribution < 1.29 is 9.59 Å². The molecule has 6 heteroatoms. The fourth-order valence-electron chi connectivity index (χ4n) is 2.74. The quantitative estimate of drug-likeness (QED) is 0.661. The van der Waals surface area contributed by atoms with Crippen molar-refractivity contribution in [3.8, 4) is 0 Å². The molecular formula is C22H26Cl2N2O2. The lowest BCUT2D eigenvalue weighted by atomic mass is 10.1. The van der Waals surface area contributed by atoms with E-state index in [1.165, 1.54) is 0 Å². The lowest BCUT2D eigenvalue weighted by Gasteiger charge is -2.30. The molecule has 0 aliphatic rings. The number of carbonyl (C=O) groups excluding carboxylic acids is 2. The lowest BCUT2D eigenvalue weighted by Crippen LogP contribution is -2.49. The van der Waals surface area contributed by atoms with Gasteiger partial charge in [0.2, 0.25) is 11.8 Å². The summed E-state index contributed by atoms with van der Waals surface area (Å²) in [5.41, 5.74) is 1.64. The van der Waals surface area contributed by atoms with Crippen LogP contribution in [0.3, 0.4) is 0 Å². The van der Waals surface area contributed by atoms with Crippen LogP contribution in [0.15, 0.2) is 48.5 Å². The molecule has 0 saturated carbocycles. The van der Waals surface area contributed by atoms with Gasteiger partial charge in [0.25, 0.3) is 0 Å². The molecule has 0 radical (unpaired) electrons. The summed E-state index contributed by atoms with van der Waals surface area (Å²) < 4.78 is 0. The van der Waals surface area contributed by atoms with Gasteiger partial charge < -0.3 is 10.2 Å². The van der Waals surface area contributed by atoms with Crippen molar-refractivity contribution >= 4 is 35.0 Å². The van der Waals surface area contributed by atoms with Gasteiger partial charge in [-0.2, -0.15) is 0 Å². The maximum Gasteiger partial charge on any atom is 0.242 e. The second-order valence-corrected chi connectivity index (χ2v) is 7.75. The van der Waals surface area contributed by atoms with Crippen LogP contribution >= 0.6 is 23.2 Å². The molecule has 28 heavy (non-hydrogen) atoms. The number of halogens is 2. The zero-order valence-corrected chi connectivity index (χ0v) is 17.9. The molecule has 2 unspecified atom stereocenters. The highest BCUT2D eigenvalue weighted by molar-refractivity contribution is 6.31. The molecule has 150 valence electrons. The molecule has 1 N–H and O–H groups in total. The predicted octanol–water partition coefficient (Wildman–Crippen LogP) is 4.87. The molecule has 0 aromatic heterocycles. The average molecular weight is 421 g/mol. The zero-order valence-electron chi connectivity index (χ0n) is 16.4. The Morgan fingerprint density at radius 1 is 1.04 bits per heavy atom. The summed E-state index contributed by atoms with van der Waals surface area (Å²) in [7, 11) is 0. The van der Waals surface area contributed by atoms with Crippen LogP contribution < -0.4 is 5.32 Å². The number of hydrogen-bond donors (Lipinski definition) is 1. The fraction of sp³-hybridized carbons (Fsp3) is 0.364. The Hall–Kier alpha value is -2.04. The van der Waals surface area contributed by atoms with Crippen molar-refractivity contribution in [2.45, 2.75) is 52.2 Å². The second kappa shape index (κ2) is 10.5. The van der Waals surface area contributed by atoms with Crippen LogP contribution in [0.25, 0.3) is 0 Å². The van der Waals surface area contributed by atoms with Gasteiger partial charge in [-0.15, -0.1) is 0 Å². The van der Waals surface area contributed by atoms with Crippen LogP contribution in [0.5, 0.6) is 0 Å². The average Bonchev–Trinajstić information content (AvgIpc) is 2.68. The normalized spacial score (nSPS) is 12.9. The Morgan fingerprint density at radius 3 is 2.29 bits per heavy atom. The largest absolute Gasteiger partial charge is 0.352 e.